The summed E-state index contributed by atoms with van der Waals surface area (Å²) in [6.07, 6.45) is 0. The average Bonchev–Trinajstić information content (AvgIpc) is 2.05. The Hall–Kier alpha value is -1.71. The topological polar surface area (TPSA) is 75.2 Å². The number of nitrogens with two attached hydrogens (primary N) is 2. The molecule has 0 fully saturated rings. The van der Waals surface area contributed by atoms with E-state index in [9.17, 15) is 0 Å². The average molecular weight is 166 g/mol. The Labute approximate surface area is 70.8 Å². The van der Waals surface area contributed by atoms with Gasteiger partial charge in [-0.25, -0.2) is 4.99 Å². The lowest BCUT2D eigenvalue weighted by molar-refractivity contribution is -0.356. The highest BCUT2D eigenvalue weighted by Gasteiger charge is 1.93. The molecule has 4 nitrogen and oxygen atoms in total. The molecule has 0 amide bonds. The molecule has 12 heavy (non-hydrogen) atoms. The van der Waals surface area contributed by atoms with Gasteiger partial charge >= 0.3 is 5.96 Å². The highest BCUT2D eigenvalue weighted by atomic mass is 16.5. The van der Waals surface area contributed by atoms with Crippen LogP contribution in [0.3, 0.4) is 0 Å². The summed E-state index contributed by atoms with van der Waals surface area (Å²) in [6, 6.07) is 7.31. The molecule has 0 aromatic heterocycles. The summed E-state index contributed by atoms with van der Waals surface area (Å²) in [4.78, 5) is 2.77. The van der Waals surface area contributed by atoms with Crippen molar-refractivity contribution in [2.75, 3.05) is 7.11 Å². The van der Waals surface area contributed by atoms with Crippen LogP contribution in [0.25, 0.3) is 0 Å². The first-order valence-electron chi connectivity index (χ1n) is 3.51. The van der Waals surface area contributed by atoms with Crippen molar-refractivity contribution in [1.29, 1.82) is 0 Å². The van der Waals surface area contributed by atoms with Crippen LogP contribution in [0.2, 0.25) is 0 Å². The van der Waals surface area contributed by atoms with Gasteiger partial charge in [0.2, 0.25) is 0 Å². The highest BCUT2D eigenvalue weighted by molar-refractivity contribution is 5.70. The minimum absolute atomic E-state index is 0.181. The molecular formula is C8H12N3O+. The van der Waals surface area contributed by atoms with Crippen LogP contribution in [-0.2, 0) is 0 Å². The first-order chi connectivity index (χ1) is 5.72. The standard InChI is InChI=1S/C8H11N3O/c1-12-7-4-2-6(3-5-7)11-8(9)10/h2-5H,1H3,(H4,9,10,11)/p+1. The summed E-state index contributed by atoms with van der Waals surface area (Å²) in [7, 11) is 1.62. The van der Waals surface area contributed by atoms with E-state index < -0.39 is 0 Å². The van der Waals surface area contributed by atoms with Crippen molar-refractivity contribution in [1.82, 2.24) is 0 Å². The Kier molecular flexibility index (Phi) is 2.53. The van der Waals surface area contributed by atoms with E-state index in [0.717, 1.165) is 11.4 Å². The van der Waals surface area contributed by atoms with Gasteiger partial charge in [-0.15, -0.1) is 0 Å². The molecule has 0 unspecified atom stereocenters. The molecule has 64 valence electrons. The van der Waals surface area contributed by atoms with Gasteiger partial charge in [-0.2, -0.15) is 0 Å². The van der Waals surface area contributed by atoms with Crippen LogP contribution in [-0.4, -0.2) is 13.1 Å². The second kappa shape index (κ2) is 3.61. The second-order valence-electron chi connectivity index (χ2n) is 2.31. The smallest absolute Gasteiger partial charge is 0.343 e. The number of nitrogens with one attached hydrogen (secondary N) is 1. The zero-order chi connectivity index (χ0) is 8.97. The molecule has 0 aliphatic rings. The Morgan fingerprint density at radius 1 is 1.25 bits per heavy atom. The molecule has 0 aliphatic heterocycles. The third-order valence-electron chi connectivity index (χ3n) is 1.38. The number of hydrogen-bond acceptors (Lipinski definition) is 1. The molecular weight excluding hydrogens is 154 g/mol. The van der Waals surface area contributed by atoms with Crippen molar-refractivity contribution in [2.24, 2.45) is 11.5 Å². The normalized spacial score (nSPS) is 9.08. The van der Waals surface area contributed by atoms with Crippen molar-refractivity contribution in [3.05, 3.63) is 24.3 Å². The van der Waals surface area contributed by atoms with Crippen LogP contribution < -0.4 is 21.2 Å². The van der Waals surface area contributed by atoms with E-state index in [2.05, 4.69) is 4.99 Å². The molecule has 0 saturated heterocycles. The van der Waals surface area contributed by atoms with Gasteiger partial charge in [0.25, 0.3) is 0 Å². The van der Waals surface area contributed by atoms with E-state index in [4.69, 9.17) is 16.2 Å². The third kappa shape index (κ3) is 2.16. The molecule has 4 heteroatoms. The minimum atomic E-state index is 0.181. The van der Waals surface area contributed by atoms with Crippen molar-refractivity contribution in [3.8, 4) is 5.75 Å². The fourth-order valence-electron chi connectivity index (χ4n) is 0.841. The van der Waals surface area contributed by atoms with Crippen molar-refractivity contribution in [2.45, 2.75) is 0 Å². The van der Waals surface area contributed by atoms with E-state index in [1.807, 2.05) is 24.3 Å². The molecule has 1 aromatic carbocycles. The van der Waals surface area contributed by atoms with Crippen LogP contribution in [0.1, 0.15) is 0 Å². The summed E-state index contributed by atoms with van der Waals surface area (Å²) < 4.78 is 4.98. The predicted molar refractivity (Wildman–Crippen MR) is 47.0 cm³/mol. The molecule has 1 rings (SSSR count). The quantitative estimate of drug-likeness (QED) is 0.377. The van der Waals surface area contributed by atoms with E-state index in [-0.39, 0.29) is 5.96 Å². The molecule has 0 heterocycles. The number of ether oxygens (including phenoxy) is 1. The molecule has 0 bridgehead atoms. The lowest BCUT2D eigenvalue weighted by Gasteiger charge is -1.97. The maximum atomic E-state index is 5.25. The molecule has 0 saturated carbocycles. The first-order valence-corrected chi connectivity index (χ1v) is 3.51. The van der Waals surface area contributed by atoms with Crippen LogP contribution >= 0.6 is 0 Å². The van der Waals surface area contributed by atoms with Gasteiger partial charge in [-0.05, 0) is 24.3 Å². The van der Waals surface area contributed by atoms with E-state index >= 15 is 0 Å². The SMILES string of the molecule is COc1ccc([NH+]=C(N)N)cc1. The van der Waals surface area contributed by atoms with Crippen LogP contribution in [0.15, 0.2) is 24.3 Å². The highest BCUT2D eigenvalue weighted by Crippen LogP contribution is 2.10. The number of rotatable bonds is 2. The molecule has 1 aromatic rings. The van der Waals surface area contributed by atoms with E-state index in [1.165, 1.54) is 0 Å². The maximum absolute atomic E-state index is 5.25. The maximum Gasteiger partial charge on any atom is 0.343 e. The van der Waals surface area contributed by atoms with Gasteiger partial charge in [0.15, 0.2) is 0 Å². The fraction of sp³-hybridized carbons (Fsp3) is 0.125. The summed E-state index contributed by atoms with van der Waals surface area (Å²) in [6.45, 7) is 0. The van der Waals surface area contributed by atoms with Gasteiger partial charge < -0.3 is 4.74 Å². The van der Waals surface area contributed by atoms with E-state index in [0.29, 0.717) is 0 Å². The van der Waals surface area contributed by atoms with Crippen molar-refractivity contribution < 1.29 is 9.73 Å². The van der Waals surface area contributed by atoms with Gasteiger partial charge in [0.1, 0.15) is 5.75 Å². The van der Waals surface area contributed by atoms with Crippen LogP contribution in [0, 0.1) is 0 Å². The Balaban J connectivity index is 2.85. The zero-order valence-electron chi connectivity index (χ0n) is 6.87. The lowest BCUT2D eigenvalue weighted by Crippen LogP contribution is -2.72. The van der Waals surface area contributed by atoms with Gasteiger partial charge in [0, 0.05) is 0 Å². The van der Waals surface area contributed by atoms with Crippen molar-refractivity contribution in [3.63, 3.8) is 0 Å². The van der Waals surface area contributed by atoms with Gasteiger partial charge in [0.05, 0.1) is 12.8 Å². The number of methoxy groups -OCH3 is 1. The number of benzene rings is 1. The summed E-state index contributed by atoms with van der Waals surface area (Å²) >= 11 is 0. The minimum Gasteiger partial charge on any atom is -0.497 e. The number of hydrogen-bond donors (Lipinski definition) is 3. The predicted octanol–water partition coefficient (Wildman–Crippen LogP) is -1.32. The molecule has 0 aliphatic carbocycles. The monoisotopic (exact) mass is 166 g/mol. The van der Waals surface area contributed by atoms with Crippen molar-refractivity contribution >= 4 is 11.6 Å². The summed E-state index contributed by atoms with van der Waals surface area (Å²) in [5, 5.41) is 0. The molecule has 5 N–H and O–H groups in total. The van der Waals surface area contributed by atoms with Crippen LogP contribution in [0.4, 0.5) is 5.69 Å². The van der Waals surface area contributed by atoms with Gasteiger partial charge in [-0.3, -0.25) is 11.5 Å². The Bertz CT molecular complexity index is 275. The summed E-state index contributed by atoms with van der Waals surface area (Å²) in [5.41, 5.74) is 11.3. The molecule has 0 radical (unpaired) electrons. The fourth-order valence-corrected chi connectivity index (χ4v) is 0.841. The van der Waals surface area contributed by atoms with Crippen LogP contribution in [0.5, 0.6) is 5.75 Å². The zero-order valence-corrected chi connectivity index (χ0v) is 6.87. The third-order valence-corrected chi connectivity index (χ3v) is 1.38. The largest absolute Gasteiger partial charge is 0.497 e. The van der Waals surface area contributed by atoms with Gasteiger partial charge in [-0.1, -0.05) is 0 Å². The molecule has 0 atom stereocenters. The first kappa shape index (κ1) is 8.39. The second-order valence-corrected chi connectivity index (χ2v) is 2.31. The Morgan fingerprint density at radius 3 is 2.25 bits per heavy atom. The number of guanidine groups is 1. The Morgan fingerprint density at radius 2 is 1.83 bits per heavy atom. The summed E-state index contributed by atoms with van der Waals surface area (Å²) in [5.74, 6) is 0.983. The molecule has 0 spiro atoms. The lowest BCUT2D eigenvalue weighted by atomic mass is 10.3. The van der Waals surface area contributed by atoms with E-state index in [1.54, 1.807) is 7.11 Å².